The van der Waals surface area contributed by atoms with E-state index in [-0.39, 0.29) is 18.3 Å². The Morgan fingerprint density at radius 3 is 1.87 bits per heavy atom. The number of ether oxygens (including phenoxy) is 2. The minimum absolute atomic E-state index is 0.136. The Morgan fingerprint density at radius 1 is 1.00 bits per heavy atom. The van der Waals surface area contributed by atoms with Crippen LogP contribution in [0.15, 0.2) is 0 Å². The van der Waals surface area contributed by atoms with Gasteiger partial charge in [-0.2, -0.15) is 0 Å². The molecule has 0 fully saturated rings. The molecular formula is C16H31NO5S. The number of carbonyl (C=O) groups excluding carboxylic acids is 2. The van der Waals surface area contributed by atoms with Crippen LogP contribution in [0.1, 0.15) is 55.4 Å². The maximum Gasteiger partial charge on any atom is 0.407 e. The van der Waals surface area contributed by atoms with Crippen molar-refractivity contribution in [2.45, 2.75) is 77.4 Å². The van der Waals surface area contributed by atoms with Crippen LogP contribution < -0.4 is 5.32 Å². The normalized spacial score (nSPS) is 14.1. The van der Waals surface area contributed by atoms with Crippen LogP contribution in [-0.2, 0) is 14.3 Å². The monoisotopic (exact) mass is 349 g/mol. The molecule has 23 heavy (non-hydrogen) atoms. The largest absolute Gasteiger partial charge is 0.459 e. The van der Waals surface area contributed by atoms with E-state index in [9.17, 15) is 14.7 Å². The Balaban J connectivity index is 4.62. The molecule has 2 N–H and O–H groups in total. The highest BCUT2D eigenvalue weighted by Crippen LogP contribution is 2.29. The average molecular weight is 349 g/mol. The van der Waals surface area contributed by atoms with Gasteiger partial charge in [-0.05, 0) is 55.4 Å². The summed E-state index contributed by atoms with van der Waals surface area (Å²) >= 11 is 1.32. The van der Waals surface area contributed by atoms with Gasteiger partial charge in [0.25, 0.3) is 0 Å². The van der Waals surface area contributed by atoms with Crippen LogP contribution in [0.2, 0.25) is 0 Å². The molecule has 136 valence electrons. The first-order chi connectivity index (χ1) is 10.2. The van der Waals surface area contributed by atoms with E-state index >= 15 is 0 Å². The van der Waals surface area contributed by atoms with E-state index < -0.39 is 28.1 Å². The van der Waals surface area contributed by atoms with Crippen LogP contribution in [0.3, 0.4) is 0 Å². The molecule has 0 unspecified atom stereocenters. The number of hydrogen-bond donors (Lipinski definition) is 2. The molecule has 0 aromatic rings. The summed E-state index contributed by atoms with van der Waals surface area (Å²) < 4.78 is 9.89. The second-order valence-electron chi connectivity index (χ2n) is 7.86. The van der Waals surface area contributed by atoms with Crippen molar-refractivity contribution in [1.82, 2.24) is 5.32 Å². The van der Waals surface area contributed by atoms with Crippen molar-refractivity contribution in [3.63, 3.8) is 0 Å². The van der Waals surface area contributed by atoms with E-state index in [4.69, 9.17) is 9.47 Å². The van der Waals surface area contributed by atoms with Gasteiger partial charge in [-0.25, -0.2) is 4.79 Å². The maximum atomic E-state index is 11.9. The zero-order chi connectivity index (χ0) is 18.5. The summed E-state index contributed by atoms with van der Waals surface area (Å²) in [6, 6.07) is -0.551. The minimum atomic E-state index is -0.613. The molecular weight excluding hydrogens is 318 g/mol. The summed E-state index contributed by atoms with van der Waals surface area (Å²) in [4.78, 5) is 23.7. The Hall–Kier alpha value is -0.950. The summed E-state index contributed by atoms with van der Waals surface area (Å²) in [5.74, 6) is -0.193. The summed E-state index contributed by atoms with van der Waals surface area (Å²) in [7, 11) is 0. The van der Waals surface area contributed by atoms with Crippen LogP contribution >= 0.6 is 11.8 Å². The van der Waals surface area contributed by atoms with E-state index in [0.29, 0.717) is 0 Å². The zero-order valence-corrected chi connectivity index (χ0v) is 16.3. The number of alkyl carbamates (subject to hydrolysis) is 1. The van der Waals surface area contributed by atoms with E-state index in [1.807, 2.05) is 13.8 Å². The number of amides is 1. The average Bonchev–Trinajstić information content (AvgIpc) is 2.29. The Kier molecular flexibility index (Phi) is 7.90. The molecule has 7 heteroatoms. The molecule has 0 aromatic heterocycles. The molecule has 0 spiro atoms. The molecule has 6 nitrogen and oxygen atoms in total. The first-order valence-corrected chi connectivity index (χ1v) is 8.61. The molecule has 0 heterocycles. The number of carbonyl (C=O) groups is 2. The highest BCUT2D eigenvalue weighted by Gasteiger charge is 2.33. The number of thioether (sulfide) groups is 1. The number of esters is 1. The molecule has 1 atom stereocenters. The molecule has 0 bridgehead atoms. The van der Waals surface area contributed by atoms with Crippen molar-refractivity contribution in [1.29, 1.82) is 0 Å². The summed E-state index contributed by atoms with van der Waals surface area (Å²) in [6.45, 7) is 14.2. The smallest absolute Gasteiger partial charge is 0.407 e. The van der Waals surface area contributed by atoms with Gasteiger partial charge < -0.3 is 19.9 Å². The lowest BCUT2D eigenvalue weighted by Crippen LogP contribution is -2.51. The number of hydrogen-bond acceptors (Lipinski definition) is 6. The van der Waals surface area contributed by atoms with E-state index in [0.717, 1.165) is 0 Å². The van der Waals surface area contributed by atoms with Gasteiger partial charge in [0.2, 0.25) is 0 Å². The van der Waals surface area contributed by atoms with E-state index in [1.165, 1.54) is 11.8 Å². The van der Waals surface area contributed by atoms with Gasteiger partial charge in [0.1, 0.15) is 11.2 Å². The van der Waals surface area contributed by atoms with Crippen molar-refractivity contribution in [2.75, 3.05) is 12.4 Å². The Bertz CT molecular complexity index is 410. The summed E-state index contributed by atoms with van der Waals surface area (Å²) in [5, 5.41) is 12.2. The van der Waals surface area contributed by atoms with Crippen molar-refractivity contribution >= 4 is 23.8 Å². The molecule has 1 amide bonds. The van der Waals surface area contributed by atoms with Crippen LogP contribution in [0, 0.1) is 0 Å². The number of rotatable bonds is 6. The van der Waals surface area contributed by atoms with Crippen molar-refractivity contribution in [3.8, 4) is 0 Å². The van der Waals surface area contributed by atoms with Crippen LogP contribution in [-0.4, -0.2) is 51.5 Å². The molecule has 0 aliphatic rings. The van der Waals surface area contributed by atoms with Gasteiger partial charge in [0.15, 0.2) is 0 Å². The minimum Gasteiger partial charge on any atom is -0.459 e. The molecule has 0 aromatic carbocycles. The SMILES string of the molecule is CC(C)(C)OC(=O)CSC(C)(C)[C@@H](CO)NC(=O)OC(C)(C)C. The second-order valence-corrected chi connectivity index (χ2v) is 9.49. The first-order valence-electron chi connectivity index (χ1n) is 7.62. The van der Waals surface area contributed by atoms with Crippen LogP contribution in [0.5, 0.6) is 0 Å². The fraction of sp³-hybridized carbons (Fsp3) is 0.875. The summed E-state index contributed by atoms with van der Waals surface area (Å²) in [5.41, 5.74) is -1.15. The third-order valence-electron chi connectivity index (χ3n) is 2.69. The van der Waals surface area contributed by atoms with Crippen molar-refractivity contribution in [3.05, 3.63) is 0 Å². The maximum absolute atomic E-state index is 11.9. The Morgan fingerprint density at radius 2 is 1.48 bits per heavy atom. The fourth-order valence-electron chi connectivity index (χ4n) is 1.61. The standard InChI is InChI=1S/C16H31NO5S/c1-14(2,3)21-12(19)10-23-16(7,8)11(9-18)17-13(20)22-15(4,5)6/h11,18H,9-10H2,1-8H3,(H,17,20)/t11-/m1/s1. The summed E-state index contributed by atoms with van der Waals surface area (Å²) in [6.07, 6.45) is -0.595. The Labute approximate surface area is 143 Å². The fourth-order valence-corrected chi connectivity index (χ4v) is 2.49. The molecule has 0 radical (unpaired) electrons. The first kappa shape index (κ1) is 22.1. The number of aliphatic hydroxyl groups excluding tert-OH is 1. The molecule has 0 aliphatic heterocycles. The molecule has 0 aliphatic carbocycles. The third kappa shape index (κ3) is 10.4. The van der Waals surface area contributed by atoms with E-state index in [1.54, 1.807) is 41.5 Å². The van der Waals surface area contributed by atoms with Gasteiger partial charge in [0, 0.05) is 4.75 Å². The topological polar surface area (TPSA) is 84.9 Å². The van der Waals surface area contributed by atoms with Gasteiger partial charge >= 0.3 is 12.1 Å². The lowest BCUT2D eigenvalue weighted by atomic mass is 10.0. The predicted octanol–water partition coefficient (Wildman–Crippen LogP) is 2.73. The second kappa shape index (κ2) is 8.24. The van der Waals surface area contributed by atoms with Crippen LogP contribution in [0.4, 0.5) is 4.79 Å². The molecule has 0 saturated heterocycles. The lowest BCUT2D eigenvalue weighted by molar-refractivity contribution is -0.151. The quantitative estimate of drug-likeness (QED) is 0.717. The van der Waals surface area contributed by atoms with Gasteiger partial charge in [0.05, 0.1) is 18.4 Å². The molecule has 0 rings (SSSR count). The van der Waals surface area contributed by atoms with Crippen LogP contribution in [0.25, 0.3) is 0 Å². The highest BCUT2D eigenvalue weighted by molar-refractivity contribution is 8.01. The van der Waals surface area contributed by atoms with Gasteiger partial charge in [-0.3, -0.25) is 4.79 Å². The van der Waals surface area contributed by atoms with Gasteiger partial charge in [-0.1, -0.05) is 0 Å². The lowest BCUT2D eigenvalue weighted by Gasteiger charge is -2.33. The van der Waals surface area contributed by atoms with Gasteiger partial charge in [-0.15, -0.1) is 11.8 Å². The van der Waals surface area contributed by atoms with E-state index in [2.05, 4.69) is 5.32 Å². The zero-order valence-electron chi connectivity index (χ0n) is 15.5. The molecule has 0 saturated carbocycles. The third-order valence-corrected chi connectivity index (χ3v) is 4.10. The predicted molar refractivity (Wildman–Crippen MR) is 92.6 cm³/mol. The van der Waals surface area contributed by atoms with Crippen molar-refractivity contribution < 1.29 is 24.2 Å². The van der Waals surface area contributed by atoms with Crippen molar-refractivity contribution in [2.24, 2.45) is 0 Å². The highest BCUT2D eigenvalue weighted by atomic mass is 32.2. The number of aliphatic hydroxyl groups is 1. The number of nitrogens with one attached hydrogen (secondary N) is 1.